The van der Waals surface area contributed by atoms with Crippen molar-refractivity contribution in [3.63, 3.8) is 0 Å². The molecule has 26 heavy (non-hydrogen) atoms. The van der Waals surface area contributed by atoms with Gasteiger partial charge in [-0.05, 0) is 51.7 Å². The third-order valence-corrected chi connectivity index (χ3v) is 4.30. The lowest BCUT2D eigenvalue weighted by molar-refractivity contribution is -0.134. The number of rotatable bonds is 6. The summed E-state index contributed by atoms with van der Waals surface area (Å²) in [6.45, 7) is 7.66. The van der Waals surface area contributed by atoms with Crippen LogP contribution in [-0.4, -0.2) is 24.1 Å². The van der Waals surface area contributed by atoms with Crippen LogP contribution < -0.4 is 9.47 Å². The van der Waals surface area contributed by atoms with Crippen LogP contribution in [0.3, 0.4) is 0 Å². The standard InChI is InChI=1S/C21H30O5/c1-5-18(22)25-17-13-9-12-16(19(17)20(23)26-21(2,3)4)24-14-15-10-7-6-8-11-15/h9,12-13,15H,5-8,10-11,14H2,1-4H3. The first kappa shape index (κ1) is 20.3. The van der Waals surface area contributed by atoms with Gasteiger partial charge < -0.3 is 14.2 Å². The summed E-state index contributed by atoms with van der Waals surface area (Å²) in [5.41, 5.74) is -0.473. The molecule has 0 aromatic heterocycles. The molecule has 1 saturated carbocycles. The molecule has 0 aliphatic heterocycles. The minimum atomic E-state index is -0.653. The van der Waals surface area contributed by atoms with E-state index in [2.05, 4.69) is 0 Å². The first-order chi connectivity index (χ1) is 12.3. The molecule has 5 heteroatoms. The molecule has 0 amide bonds. The van der Waals surface area contributed by atoms with Gasteiger partial charge in [-0.15, -0.1) is 0 Å². The Kier molecular flexibility index (Phi) is 7.06. The number of hydrogen-bond donors (Lipinski definition) is 0. The van der Waals surface area contributed by atoms with Crippen molar-refractivity contribution in [1.82, 2.24) is 0 Å². The molecule has 0 radical (unpaired) electrons. The maximum Gasteiger partial charge on any atom is 0.346 e. The van der Waals surface area contributed by atoms with Crippen LogP contribution in [0.15, 0.2) is 18.2 Å². The second-order valence-electron chi connectivity index (χ2n) is 7.77. The van der Waals surface area contributed by atoms with E-state index in [-0.39, 0.29) is 17.7 Å². The van der Waals surface area contributed by atoms with Gasteiger partial charge in [0.1, 0.15) is 22.7 Å². The van der Waals surface area contributed by atoms with E-state index in [0.29, 0.717) is 18.3 Å². The highest BCUT2D eigenvalue weighted by molar-refractivity contribution is 5.96. The smallest absolute Gasteiger partial charge is 0.346 e. The zero-order valence-electron chi connectivity index (χ0n) is 16.3. The Morgan fingerprint density at radius 2 is 1.73 bits per heavy atom. The number of carbonyl (C=O) groups is 2. The fraction of sp³-hybridized carbons (Fsp3) is 0.619. The Morgan fingerprint density at radius 1 is 1.08 bits per heavy atom. The fourth-order valence-corrected chi connectivity index (χ4v) is 3.00. The van der Waals surface area contributed by atoms with Crippen LogP contribution in [0.5, 0.6) is 11.5 Å². The molecule has 0 heterocycles. The van der Waals surface area contributed by atoms with E-state index in [1.807, 2.05) is 0 Å². The van der Waals surface area contributed by atoms with E-state index >= 15 is 0 Å². The Morgan fingerprint density at radius 3 is 2.35 bits per heavy atom. The third kappa shape index (κ3) is 6.04. The van der Waals surface area contributed by atoms with Crippen LogP contribution in [-0.2, 0) is 9.53 Å². The molecule has 0 N–H and O–H groups in total. The van der Waals surface area contributed by atoms with Gasteiger partial charge in [-0.2, -0.15) is 0 Å². The lowest BCUT2D eigenvalue weighted by atomic mass is 9.90. The van der Waals surface area contributed by atoms with Crippen molar-refractivity contribution < 1.29 is 23.8 Å². The minimum absolute atomic E-state index is 0.181. The van der Waals surface area contributed by atoms with Gasteiger partial charge in [-0.25, -0.2) is 4.79 Å². The molecule has 144 valence electrons. The van der Waals surface area contributed by atoms with Crippen molar-refractivity contribution >= 4 is 11.9 Å². The van der Waals surface area contributed by atoms with E-state index in [9.17, 15) is 9.59 Å². The molecular weight excluding hydrogens is 332 g/mol. The highest BCUT2D eigenvalue weighted by Crippen LogP contribution is 2.32. The van der Waals surface area contributed by atoms with Gasteiger partial charge in [0, 0.05) is 6.42 Å². The minimum Gasteiger partial charge on any atom is -0.492 e. The molecule has 0 bridgehead atoms. The summed E-state index contributed by atoms with van der Waals surface area (Å²) in [5, 5.41) is 0. The fourth-order valence-electron chi connectivity index (χ4n) is 3.00. The van der Waals surface area contributed by atoms with Crippen molar-refractivity contribution in [1.29, 1.82) is 0 Å². The largest absolute Gasteiger partial charge is 0.492 e. The van der Waals surface area contributed by atoms with Gasteiger partial charge >= 0.3 is 11.9 Å². The van der Waals surface area contributed by atoms with E-state index in [1.165, 1.54) is 19.3 Å². The summed E-state index contributed by atoms with van der Waals surface area (Å²) in [7, 11) is 0. The average Bonchev–Trinajstić information content (AvgIpc) is 2.59. The van der Waals surface area contributed by atoms with Crippen LogP contribution >= 0.6 is 0 Å². The average molecular weight is 362 g/mol. The van der Waals surface area contributed by atoms with E-state index in [1.54, 1.807) is 45.9 Å². The summed E-state index contributed by atoms with van der Waals surface area (Å²) < 4.78 is 16.8. The zero-order chi connectivity index (χ0) is 19.2. The predicted molar refractivity (Wildman–Crippen MR) is 99.6 cm³/mol. The second-order valence-corrected chi connectivity index (χ2v) is 7.77. The quantitative estimate of drug-likeness (QED) is 0.531. The first-order valence-corrected chi connectivity index (χ1v) is 9.50. The molecule has 5 nitrogen and oxygen atoms in total. The maximum absolute atomic E-state index is 12.7. The first-order valence-electron chi connectivity index (χ1n) is 9.50. The molecule has 1 aliphatic rings. The lowest BCUT2D eigenvalue weighted by Gasteiger charge is -2.24. The molecule has 0 atom stereocenters. The number of hydrogen-bond acceptors (Lipinski definition) is 5. The molecule has 0 unspecified atom stereocenters. The Labute approximate surface area is 156 Å². The molecule has 1 aromatic rings. The normalized spacial score (nSPS) is 15.4. The topological polar surface area (TPSA) is 61.8 Å². The monoisotopic (exact) mass is 362 g/mol. The lowest BCUT2D eigenvalue weighted by Crippen LogP contribution is -2.25. The molecule has 1 aromatic carbocycles. The van der Waals surface area contributed by atoms with E-state index < -0.39 is 17.5 Å². The summed E-state index contributed by atoms with van der Waals surface area (Å²) in [4.78, 5) is 24.5. The van der Waals surface area contributed by atoms with Crippen molar-refractivity contribution in [2.24, 2.45) is 5.92 Å². The van der Waals surface area contributed by atoms with Crippen LogP contribution in [0.4, 0.5) is 0 Å². The van der Waals surface area contributed by atoms with E-state index in [4.69, 9.17) is 14.2 Å². The number of esters is 2. The molecule has 2 rings (SSSR count). The molecular formula is C21H30O5. The SMILES string of the molecule is CCC(=O)Oc1cccc(OCC2CCCCC2)c1C(=O)OC(C)(C)C. The third-order valence-electron chi connectivity index (χ3n) is 4.30. The summed E-state index contributed by atoms with van der Waals surface area (Å²) in [6, 6.07) is 5.05. The van der Waals surface area contributed by atoms with E-state index in [0.717, 1.165) is 12.8 Å². The highest BCUT2D eigenvalue weighted by atomic mass is 16.6. The van der Waals surface area contributed by atoms with Crippen LogP contribution in [0, 0.1) is 5.92 Å². The molecule has 1 aliphatic carbocycles. The molecule has 0 spiro atoms. The van der Waals surface area contributed by atoms with Gasteiger partial charge in [0.25, 0.3) is 0 Å². The number of carbonyl (C=O) groups excluding carboxylic acids is 2. The van der Waals surface area contributed by atoms with Crippen molar-refractivity contribution in [2.45, 2.75) is 71.8 Å². The van der Waals surface area contributed by atoms with Gasteiger partial charge in [0.2, 0.25) is 0 Å². The molecule has 1 fully saturated rings. The second kappa shape index (κ2) is 9.06. The number of ether oxygens (including phenoxy) is 3. The predicted octanol–water partition coefficient (Wildman–Crippen LogP) is 4.92. The Balaban J connectivity index is 2.24. The van der Waals surface area contributed by atoms with Gasteiger partial charge in [-0.3, -0.25) is 4.79 Å². The summed E-state index contributed by atoms with van der Waals surface area (Å²) in [5.74, 6) is 0.144. The van der Waals surface area contributed by atoms with Crippen molar-refractivity contribution in [3.05, 3.63) is 23.8 Å². The van der Waals surface area contributed by atoms with Crippen LogP contribution in [0.2, 0.25) is 0 Å². The van der Waals surface area contributed by atoms with Gasteiger partial charge in [0.05, 0.1) is 6.61 Å². The van der Waals surface area contributed by atoms with Crippen LogP contribution in [0.25, 0.3) is 0 Å². The number of benzene rings is 1. The zero-order valence-corrected chi connectivity index (χ0v) is 16.3. The molecule has 0 saturated heterocycles. The summed E-state index contributed by atoms with van der Waals surface area (Å²) >= 11 is 0. The Bertz CT molecular complexity index is 624. The van der Waals surface area contributed by atoms with Gasteiger partial charge in [-0.1, -0.05) is 32.3 Å². The van der Waals surface area contributed by atoms with Crippen LogP contribution in [0.1, 0.15) is 76.6 Å². The van der Waals surface area contributed by atoms with Gasteiger partial charge in [0.15, 0.2) is 0 Å². The Hall–Kier alpha value is -2.04. The van der Waals surface area contributed by atoms with Crippen molar-refractivity contribution in [3.8, 4) is 11.5 Å². The van der Waals surface area contributed by atoms with Crippen molar-refractivity contribution in [2.75, 3.05) is 6.61 Å². The summed E-state index contributed by atoms with van der Waals surface area (Å²) in [6.07, 6.45) is 6.24. The highest BCUT2D eigenvalue weighted by Gasteiger charge is 2.26. The maximum atomic E-state index is 12.7.